The summed E-state index contributed by atoms with van der Waals surface area (Å²) in [5.74, 6) is 0.232. The largest absolute Gasteiger partial charge is 0.495 e. The second-order valence-electron chi connectivity index (χ2n) is 8.20. The van der Waals surface area contributed by atoms with E-state index in [1.54, 1.807) is 31.2 Å². The molecule has 1 amide bonds. The molecule has 0 aliphatic carbocycles. The third-order valence-electron chi connectivity index (χ3n) is 5.77. The van der Waals surface area contributed by atoms with E-state index >= 15 is 0 Å². The average Bonchev–Trinajstić information content (AvgIpc) is 3.38. The molecule has 1 aliphatic rings. The van der Waals surface area contributed by atoms with Gasteiger partial charge in [0.25, 0.3) is 5.91 Å². The van der Waals surface area contributed by atoms with Gasteiger partial charge >= 0.3 is 0 Å². The van der Waals surface area contributed by atoms with Gasteiger partial charge in [0.05, 0.1) is 29.6 Å². The molecule has 0 saturated carbocycles. The number of sulfonamides is 2. The first kappa shape index (κ1) is 26.8. The Balaban J connectivity index is 1.77. The molecule has 1 aliphatic heterocycles. The van der Waals surface area contributed by atoms with E-state index < -0.39 is 32.1 Å². The van der Waals surface area contributed by atoms with Gasteiger partial charge < -0.3 is 14.8 Å². The lowest BCUT2D eigenvalue weighted by Gasteiger charge is -2.21. The third kappa shape index (κ3) is 6.24. The molecule has 1 unspecified atom stereocenters. The Morgan fingerprint density at radius 3 is 2.26 bits per heavy atom. The molecule has 1 heterocycles. The summed E-state index contributed by atoms with van der Waals surface area (Å²) < 4.78 is 63.0. The Hall–Kier alpha value is -2.83. The van der Waals surface area contributed by atoms with Crippen LogP contribution in [0.1, 0.15) is 26.2 Å². The minimum Gasteiger partial charge on any atom is -0.495 e. The fraction of sp³-hybridized carbons (Fsp3) is 0.435. The van der Waals surface area contributed by atoms with E-state index in [1.807, 2.05) is 0 Å². The number of hydrogen-bond donors (Lipinski definition) is 1. The van der Waals surface area contributed by atoms with Crippen LogP contribution < -0.4 is 19.1 Å². The van der Waals surface area contributed by atoms with E-state index in [0.29, 0.717) is 36.7 Å². The number of hydrogen-bond acceptors (Lipinski definition) is 7. The highest BCUT2D eigenvalue weighted by Crippen LogP contribution is 2.30. The summed E-state index contributed by atoms with van der Waals surface area (Å²) in [6.45, 7) is 2.72. The van der Waals surface area contributed by atoms with Gasteiger partial charge in [0, 0.05) is 20.1 Å². The van der Waals surface area contributed by atoms with Gasteiger partial charge in [0.15, 0.2) is 6.10 Å². The van der Waals surface area contributed by atoms with E-state index in [-0.39, 0.29) is 10.6 Å². The molecule has 3 rings (SSSR count). The zero-order valence-electron chi connectivity index (χ0n) is 20.2. The number of ether oxygens (including phenoxy) is 2. The van der Waals surface area contributed by atoms with E-state index in [1.165, 1.54) is 36.7 Å². The van der Waals surface area contributed by atoms with Crippen LogP contribution in [0.25, 0.3) is 0 Å². The van der Waals surface area contributed by atoms with Crippen LogP contribution in [0, 0.1) is 0 Å². The molecule has 2 aromatic rings. The van der Waals surface area contributed by atoms with Crippen LogP contribution >= 0.6 is 0 Å². The Bertz CT molecular complexity index is 1260. The minimum absolute atomic E-state index is 0.0788. The second kappa shape index (κ2) is 10.8. The van der Waals surface area contributed by atoms with Gasteiger partial charge in [-0.25, -0.2) is 16.8 Å². The van der Waals surface area contributed by atoms with Gasteiger partial charge in [0.1, 0.15) is 11.5 Å². The summed E-state index contributed by atoms with van der Waals surface area (Å²) in [4.78, 5) is 13.1. The van der Waals surface area contributed by atoms with Crippen molar-refractivity contribution in [2.24, 2.45) is 0 Å². The fourth-order valence-corrected chi connectivity index (χ4v) is 5.70. The molecular weight excluding hydrogens is 494 g/mol. The highest BCUT2D eigenvalue weighted by molar-refractivity contribution is 7.92. The van der Waals surface area contributed by atoms with E-state index in [0.717, 1.165) is 23.4 Å². The van der Waals surface area contributed by atoms with Crippen molar-refractivity contribution in [2.45, 2.75) is 37.2 Å². The van der Waals surface area contributed by atoms with Crippen LogP contribution in [0.4, 0.5) is 11.4 Å². The molecule has 0 bridgehead atoms. The van der Waals surface area contributed by atoms with Crippen molar-refractivity contribution in [1.29, 1.82) is 0 Å². The number of nitrogens with zero attached hydrogens (tertiary/aromatic N) is 2. The Morgan fingerprint density at radius 2 is 1.71 bits per heavy atom. The molecule has 0 spiro atoms. The summed E-state index contributed by atoms with van der Waals surface area (Å²) in [7, 11) is -4.19. The maximum absolute atomic E-state index is 13.0. The van der Waals surface area contributed by atoms with Crippen molar-refractivity contribution < 1.29 is 31.1 Å². The van der Waals surface area contributed by atoms with Gasteiger partial charge in [0.2, 0.25) is 20.0 Å². The summed E-state index contributed by atoms with van der Waals surface area (Å²) >= 11 is 0. The average molecular weight is 526 g/mol. The number of carbonyl (C=O) groups is 1. The number of benzene rings is 2. The van der Waals surface area contributed by atoms with Crippen LogP contribution in [0.3, 0.4) is 0 Å². The van der Waals surface area contributed by atoms with E-state index in [2.05, 4.69) is 5.32 Å². The first-order valence-electron chi connectivity index (χ1n) is 11.2. The summed E-state index contributed by atoms with van der Waals surface area (Å²) in [6, 6.07) is 10.7. The van der Waals surface area contributed by atoms with Gasteiger partial charge in [-0.05, 0) is 61.7 Å². The van der Waals surface area contributed by atoms with Crippen molar-refractivity contribution >= 4 is 37.3 Å². The molecule has 1 saturated heterocycles. The SMILES string of the molecule is CCC(Oc1ccc(N(C)S(C)(=O)=O)cc1)C(=O)Nc1cc(S(=O)(=O)N2CCCC2)ccc1OC. The molecule has 1 fully saturated rings. The van der Waals surface area contributed by atoms with Crippen LogP contribution in [0.5, 0.6) is 11.5 Å². The maximum atomic E-state index is 13.0. The number of nitrogens with one attached hydrogen (secondary N) is 1. The molecule has 0 radical (unpaired) electrons. The summed E-state index contributed by atoms with van der Waals surface area (Å²) in [5.41, 5.74) is 0.683. The fourth-order valence-electron chi connectivity index (χ4n) is 3.65. The lowest BCUT2D eigenvalue weighted by molar-refractivity contribution is -0.122. The molecule has 192 valence electrons. The summed E-state index contributed by atoms with van der Waals surface area (Å²) in [6.07, 6.45) is 2.21. The first-order chi connectivity index (χ1) is 16.5. The smallest absolute Gasteiger partial charge is 0.265 e. The predicted octanol–water partition coefficient (Wildman–Crippen LogP) is 2.67. The van der Waals surface area contributed by atoms with E-state index in [9.17, 15) is 21.6 Å². The van der Waals surface area contributed by atoms with Gasteiger partial charge in [-0.15, -0.1) is 0 Å². The molecule has 12 heteroatoms. The van der Waals surface area contributed by atoms with Crippen LogP contribution in [0.2, 0.25) is 0 Å². The third-order valence-corrected chi connectivity index (χ3v) is 8.87. The Morgan fingerprint density at radius 1 is 1.09 bits per heavy atom. The number of rotatable bonds is 10. The number of anilines is 2. The molecule has 10 nitrogen and oxygen atoms in total. The highest BCUT2D eigenvalue weighted by atomic mass is 32.2. The number of methoxy groups -OCH3 is 1. The normalized spacial score (nSPS) is 15.4. The number of carbonyl (C=O) groups excluding carboxylic acids is 1. The Kier molecular flexibility index (Phi) is 8.29. The van der Waals surface area contributed by atoms with Gasteiger partial charge in [-0.1, -0.05) is 6.92 Å². The van der Waals surface area contributed by atoms with Crippen molar-refractivity contribution in [3.8, 4) is 11.5 Å². The zero-order valence-corrected chi connectivity index (χ0v) is 21.9. The molecular formula is C23H31N3O7S2. The van der Waals surface area contributed by atoms with Crippen LogP contribution in [0.15, 0.2) is 47.4 Å². The van der Waals surface area contributed by atoms with E-state index in [4.69, 9.17) is 9.47 Å². The van der Waals surface area contributed by atoms with Crippen molar-refractivity contribution in [1.82, 2.24) is 4.31 Å². The lowest BCUT2D eigenvalue weighted by atomic mass is 10.2. The zero-order chi connectivity index (χ0) is 25.8. The van der Waals surface area contributed by atoms with Crippen molar-refractivity contribution in [2.75, 3.05) is 43.1 Å². The molecule has 2 aromatic carbocycles. The van der Waals surface area contributed by atoms with Crippen molar-refractivity contribution in [3.05, 3.63) is 42.5 Å². The standard InChI is InChI=1S/C23H31N3O7S2/c1-5-21(33-18-10-8-17(9-11-18)25(2)34(4,28)29)23(27)24-20-16-19(12-13-22(20)32-3)35(30,31)26-14-6-7-15-26/h8-13,16,21H,5-7,14-15H2,1-4H3,(H,24,27). The molecule has 1 atom stereocenters. The molecule has 35 heavy (non-hydrogen) atoms. The highest BCUT2D eigenvalue weighted by Gasteiger charge is 2.28. The summed E-state index contributed by atoms with van der Waals surface area (Å²) in [5, 5.41) is 2.73. The first-order valence-corrected chi connectivity index (χ1v) is 14.5. The van der Waals surface area contributed by atoms with Crippen molar-refractivity contribution in [3.63, 3.8) is 0 Å². The monoisotopic (exact) mass is 525 g/mol. The topological polar surface area (TPSA) is 122 Å². The van der Waals surface area contributed by atoms with Crippen LogP contribution in [-0.4, -0.2) is 66.7 Å². The molecule has 1 N–H and O–H groups in total. The lowest BCUT2D eigenvalue weighted by Crippen LogP contribution is -2.33. The van der Waals surface area contributed by atoms with Crippen LogP contribution in [-0.2, 0) is 24.8 Å². The van der Waals surface area contributed by atoms with Gasteiger partial charge in [-0.2, -0.15) is 4.31 Å². The van der Waals surface area contributed by atoms with Gasteiger partial charge in [-0.3, -0.25) is 9.10 Å². The molecule has 0 aromatic heterocycles. The quantitative estimate of drug-likeness (QED) is 0.506. The second-order valence-corrected chi connectivity index (χ2v) is 12.2. The Labute approximate surface area is 206 Å². The maximum Gasteiger partial charge on any atom is 0.265 e. The predicted molar refractivity (Wildman–Crippen MR) is 134 cm³/mol. The minimum atomic E-state index is -3.67. The number of amides is 1.